The fourth-order valence-electron chi connectivity index (χ4n) is 0.693. The summed E-state index contributed by atoms with van der Waals surface area (Å²) in [5, 5.41) is 8.17. The number of hydrogen-bond donors (Lipinski definition) is 0. The molecule has 0 rings (SSSR count). The van der Waals surface area contributed by atoms with Crippen molar-refractivity contribution >= 4 is 10.1 Å². The molecule has 0 saturated carbocycles. The van der Waals surface area contributed by atoms with Crippen LogP contribution >= 0.6 is 0 Å². The average Bonchev–Trinajstić information content (AvgIpc) is 1.94. The fourth-order valence-corrected chi connectivity index (χ4v) is 1.11. The highest BCUT2D eigenvalue weighted by Gasteiger charge is 1.99. The van der Waals surface area contributed by atoms with Crippen LogP contribution in [0.5, 0.6) is 0 Å². The minimum atomic E-state index is -3.28. The van der Waals surface area contributed by atoms with E-state index in [1.165, 1.54) is 0 Å². The first-order valence-electron chi connectivity index (χ1n) is 3.77. The molecule has 0 amide bonds. The van der Waals surface area contributed by atoms with Crippen LogP contribution in [0.25, 0.3) is 0 Å². The zero-order valence-corrected chi connectivity index (χ0v) is 7.93. The lowest BCUT2D eigenvalue weighted by molar-refractivity contribution is 0.311. The normalized spacial score (nSPS) is 11.0. The quantitative estimate of drug-likeness (QED) is 0.465. The first kappa shape index (κ1) is 11.4. The van der Waals surface area contributed by atoms with Crippen molar-refractivity contribution in [3.8, 4) is 6.07 Å². The van der Waals surface area contributed by atoms with Gasteiger partial charge < -0.3 is 0 Å². The molecule has 0 aromatic rings. The van der Waals surface area contributed by atoms with E-state index in [0.717, 1.165) is 19.1 Å². The largest absolute Gasteiger partial charge is 0.270 e. The Kier molecular flexibility index (Phi) is 5.68. The van der Waals surface area contributed by atoms with Crippen molar-refractivity contribution in [3.05, 3.63) is 0 Å². The van der Waals surface area contributed by atoms with Gasteiger partial charge in [-0.1, -0.05) is 6.42 Å². The summed E-state index contributed by atoms with van der Waals surface area (Å²) in [5.74, 6) is 0. The summed E-state index contributed by atoms with van der Waals surface area (Å²) in [6.07, 6.45) is 3.89. The van der Waals surface area contributed by atoms with Crippen LogP contribution in [0, 0.1) is 11.3 Å². The molecule has 0 spiro atoms. The molecule has 0 radical (unpaired) electrons. The molecule has 0 N–H and O–H groups in total. The predicted molar refractivity (Wildman–Crippen MR) is 44.9 cm³/mol. The van der Waals surface area contributed by atoms with E-state index in [1.54, 1.807) is 0 Å². The second-order valence-electron chi connectivity index (χ2n) is 2.49. The Hall–Kier alpha value is -0.600. The van der Waals surface area contributed by atoms with Gasteiger partial charge in [0.15, 0.2) is 0 Å². The maximum absolute atomic E-state index is 10.4. The molecule has 0 bridgehead atoms. The minimum Gasteiger partial charge on any atom is -0.270 e. The van der Waals surface area contributed by atoms with Crippen molar-refractivity contribution in [2.24, 2.45) is 0 Å². The van der Waals surface area contributed by atoms with E-state index >= 15 is 0 Å². The topological polar surface area (TPSA) is 67.2 Å². The molecule has 12 heavy (non-hydrogen) atoms. The van der Waals surface area contributed by atoms with Crippen LogP contribution in [0.3, 0.4) is 0 Å². The summed E-state index contributed by atoms with van der Waals surface area (Å²) in [6.45, 7) is 0.226. The monoisotopic (exact) mass is 191 g/mol. The Morgan fingerprint density at radius 3 is 2.50 bits per heavy atom. The standard InChI is InChI=1S/C7H13NO3S/c1-12(9,10)11-7-5-3-2-4-6-8/h2-5,7H2,1H3. The lowest BCUT2D eigenvalue weighted by Gasteiger charge is -1.98. The van der Waals surface area contributed by atoms with Crippen LogP contribution < -0.4 is 0 Å². The van der Waals surface area contributed by atoms with Crippen LogP contribution in [-0.2, 0) is 14.3 Å². The second kappa shape index (κ2) is 5.98. The molecule has 5 heteroatoms. The average molecular weight is 191 g/mol. The number of unbranched alkanes of at least 4 members (excludes halogenated alkanes) is 3. The highest BCUT2D eigenvalue weighted by atomic mass is 32.2. The molecular formula is C7H13NO3S. The van der Waals surface area contributed by atoms with Crippen LogP contribution in [0.4, 0.5) is 0 Å². The van der Waals surface area contributed by atoms with Crippen molar-refractivity contribution in [2.75, 3.05) is 12.9 Å². The van der Waals surface area contributed by atoms with Gasteiger partial charge in [0.25, 0.3) is 10.1 Å². The Labute approximate surface area is 73.3 Å². The molecule has 4 nitrogen and oxygen atoms in total. The molecule has 0 fully saturated rings. The highest BCUT2D eigenvalue weighted by Crippen LogP contribution is 2.00. The lowest BCUT2D eigenvalue weighted by Crippen LogP contribution is -2.03. The van der Waals surface area contributed by atoms with Gasteiger partial charge in [0, 0.05) is 6.42 Å². The molecular weight excluding hydrogens is 178 g/mol. The van der Waals surface area contributed by atoms with Crippen LogP contribution in [0.1, 0.15) is 25.7 Å². The Morgan fingerprint density at radius 1 is 1.33 bits per heavy atom. The van der Waals surface area contributed by atoms with Gasteiger partial charge in [0.05, 0.1) is 18.9 Å². The van der Waals surface area contributed by atoms with Crippen LogP contribution in [-0.4, -0.2) is 21.3 Å². The van der Waals surface area contributed by atoms with Crippen molar-refractivity contribution in [3.63, 3.8) is 0 Å². The number of nitrogens with zero attached hydrogens (tertiary/aromatic N) is 1. The molecule has 0 atom stereocenters. The van der Waals surface area contributed by atoms with Crippen LogP contribution in [0.15, 0.2) is 0 Å². The highest BCUT2D eigenvalue weighted by molar-refractivity contribution is 7.85. The molecule has 0 aromatic heterocycles. The van der Waals surface area contributed by atoms with E-state index in [-0.39, 0.29) is 6.61 Å². The number of rotatable bonds is 6. The third-order valence-electron chi connectivity index (χ3n) is 1.23. The van der Waals surface area contributed by atoms with Gasteiger partial charge in [-0.3, -0.25) is 4.18 Å². The molecule has 0 unspecified atom stereocenters. The maximum Gasteiger partial charge on any atom is 0.264 e. The Bertz CT molecular complexity index is 240. The predicted octanol–water partition coefficient (Wildman–Crippen LogP) is 1.05. The maximum atomic E-state index is 10.4. The summed E-state index contributed by atoms with van der Waals surface area (Å²) < 4.78 is 25.4. The molecule has 0 aromatic carbocycles. The van der Waals surface area contributed by atoms with Gasteiger partial charge in [0.2, 0.25) is 0 Å². The summed E-state index contributed by atoms with van der Waals surface area (Å²) in [5.41, 5.74) is 0. The first-order valence-corrected chi connectivity index (χ1v) is 5.59. The van der Waals surface area contributed by atoms with Gasteiger partial charge >= 0.3 is 0 Å². The van der Waals surface area contributed by atoms with E-state index < -0.39 is 10.1 Å². The van der Waals surface area contributed by atoms with Gasteiger partial charge in [-0.05, 0) is 12.8 Å². The van der Waals surface area contributed by atoms with Crippen molar-refractivity contribution in [2.45, 2.75) is 25.7 Å². The van der Waals surface area contributed by atoms with Crippen molar-refractivity contribution < 1.29 is 12.6 Å². The first-order chi connectivity index (χ1) is 5.56. The molecule has 0 aliphatic heterocycles. The van der Waals surface area contributed by atoms with Crippen molar-refractivity contribution in [1.82, 2.24) is 0 Å². The van der Waals surface area contributed by atoms with E-state index in [9.17, 15) is 8.42 Å². The number of hydrogen-bond acceptors (Lipinski definition) is 4. The zero-order valence-electron chi connectivity index (χ0n) is 7.12. The van der Waals surface area contributed by atoms with E-state index in [0.29, 0.717) is 12.8 Å². The summed E-state index contributed by atoms with van der Waals surface area (Å²) in [4.78, 5) is 0. The third kappa shape index (κ3) is 9.40. The number of nitriles is 1. The summed E-state index contributed by atoms with van der Waals surface area (Å²) in [6, 6.07) is 2.02. The van der Waals surface area contributed by atoms with E-state index in [4.69, 9.17) is 5.26 Å². The minimum absolute atomic E-state index is 0.226. The Balaban J connectivity index is 3.18. The molecule has 0 aliphatic rings. The third-order valence-corrected chi connectivity index (χ3v) is 1.83. The van der Waals surface area contributed by atoms with Gasteiger partial charge in [-0.15, -0.1) is 0 Å². The van der Waals surface area contributed by atoms with Crippen LogP contribution in [0.2, 0.25) is 0 Å². The summed E-state index contributed by atoms with van der Waals surface area (Å²) in [7, 11) is -3.28. The fraction of sp³-hybridized carbons (Fsp3) is 0.857. The Morgan fingerprint density at radius 2 is 2.00 bits per heavy atom. The molecule has 0 aliphatic carbocycles. The van der Waals surface area contributed by atoms with Gasteiger partial charge in [0.1, 0.15) is 0 Å². The van der Waals surface area contributed by atoms with Gasteiger partial charge in [-0.25, -0.2) is 0 Å². The molecule has 70 valence electrons. The van der Waals surface area contributed by atoms with Crippen molar-refractivity contribution in [1.29, 1.82) is 5.26 Å². The molecule has 0 heterocycles. The SMILES string of the molecule is CS(=O)(=O)OCCCCCC#N. The zero-order chi connectivity index (χ0) is 9.45. The smallest absolute Gasteiger partial charge is 0.264 e. The summed E-state index contributed by atoms with van der Waals surface area (Å²) >= 11 is 0. The molecule has 0 saturated heterocycles. The van der Waals surface area contributed by atoms with E-state index in [1.807, 2.05) is 6.07 Å². The second-order valence-corrected chi connectivity index (χ2v) is 4.14. The lowest BCUT2D eigenvalue weighted by atomic mass is 10.2. The van der Waals surface area contributed by atoms with Gasteiger partial charge in [-0.2, -0.15) is 13.7 Å². The van der Waals surface area contributed by atoms with E-state index in [2.05, 4.69) is 4.18 Å².